The molecule has 0 unspecified atom stereocenters. The van der Waals surface area contributed by atoms with E-state index in [4.69, 9.17) is 21.1 Å². The first kappa shape index (κ1) is 22.8. The third-order valence-electron chi connectivity index (χ3n) is 5.13. The Balaban J connectivity index is 1.83. The Kier molecular flexibility index (Phi) is 8.02. The van der Waals surface area contributed by atoms with Crippen molar-refractivity contribution in [3.05, 3.63) is 100 Å². The molecule has 3 aromatic carbocycles. The fourth-order valence-corrected chi connectivity index (χ4v) is 3.61. The third-order valence-corrected chi connectivity index (χ3v) is 5.37. The molecular formula is C27H30ClNO2. The highest BCUT2D eigenvalue weighted by atomic mass is 35.5. The van der Waals surface area contributed by atoms with Gasteiger partial charge in [-0.15, -0.1) is 6.58 Å². The summed E-state index contributed by atoms with van der Waals surface area (Å²) in [7, 11) is 0. The van der Waals surface area contributed by atoms with Crippen molar-refractivity contribution in [2.75, 3.05) is 11.9 Å². The Hall–Kier alpha value is -2.91. The summed E-state index contributed by atoms with van der Waals surface area (Å²) in [6, 6.07) is 18.3. The summed E-state index contributed by atoms with van der Waals surface area (Å²) in [4.78, 5) is 0. The second-order valence-corrected chi connectivity index (χ2v) is 8.02. The van der Waals surface area contributed by atoms with Crippen molar-refractivity contribution in [2.45, 2.75) is 40.3 Å². The third kappa shape index (κ3) is 6.28. The molecule has 0 radical (unpaired) electrons. The molecule has 0 aromatic heterocycles. The lowest BCUT2D eigenvalue weighted by Crippen LogP contribution is -2.06. The lowest BCUT2D eigenvalue weighted by molar-refractivity contribution is 0.267. The van der Waals surface area contributed by atoms with Crippen molar-refractivity contribution in [1.82, 2.24) is 0 Å². The van der Waals surface area contributed by atoms with E-state index in [0.717, 1.165) is 33.9 Å². The van der Waals surface area contributed by atoms with Crippen LogP contribution in [0.2, 0.25) is 5.02 Å². The number of hydrogen-bond acceptors (Lipinski definition) is 3. The Morgan fingerprint density at radius 2 is 1.81 bits per heavy atom. The predicted molar refractivity (Wildman–Crippen MR) is 131 cm³/mol. The van der Waals surface area contributed by atoms with Crippen LogP contribution in [0.1, 0.15) is 34.7 Å². The molecule has 0 aliphatic carbocycles. The monoisotopic (exact) mass is 435 g/mol. The van der Waals surface area contributed by atoms with Gasteiger partial charge < -0.3 is 14.8 Å². The maximum Gasteiger partial charge on any atom is 0.165 e. The van der Waals surface area contributed by atoms with Gasteiger partial charge in [0, 0.05) is 22.8 Å². The molecule has 1 N–H and O–H groups in total. The standard InChI is InChI=1S/C27H30ClNO2/c1-5-8-23-14-22(17-29-25-12-11-19(3)20(4)13-25)16-26(30-6-2)27(23)31-18-21-9-7-10-24(28)15-21/h5,7,9-16,29H,1,6,8,17-18H2,2-4H3. The molecule has 0 heterocycles. The van der Waals surface area contributed by atoms with E-state index in [9.17, 15) is 0 Å². The van der Waals surface area contributed by atoms with Gasteiger partial charge in [0.25, 0.3) is 0 Å². The van der Waals surface area contributed by atoms with Gasteiger partial charge in [-0.05, 0) is 85.8 Å². The zero-order valence-electron chi connectivity index (χ0n) is 18.5. The summed E-state index contributed by atoms with van der Waals surface area (Å²) in [6.07, 6.45) is 2.58. The van der Waals surface area contributed by atoms with Gasteiger partial charge in [0.15, 0.2) is 11.5 Å². The first-order valence-electron chi connectivity index (χ1n) is 10.6. The maximum atomic E-state index is 6.21. The highest BCUT2D eigenvalue weighted by Crippen LogP contribution is 2.35. The molecule has 4 heteroatoms. The molecule has 3 rings (SSSR count). The van der Waals surface area contributed by atoms with E-state index < -0.39 is 0 Å². The normalized spacial score (nSPS) is 10.6. The molecule has 3 aromatic rings. The Morgan fingerprint density at radius 1 is 0.968 bits per heavy atom. The van der Waals surface area contributed by atoms with Gasteiger partial charge in [-0.2, -0.15) is 0 Å². The molecule has 0 fully saturated rings. The van der Waals surface area contributed by atoms with Crippen LogP contribution in [-0.4, -0.2) is 6.61 Å². The van der Waals surface area contributed by atoms with Gasteiger partial charge in [-0.3, -0.25) is 0 Å². The van der Waals surface area contributed by atoms with Crippen molar-refractivity contribution < 1.29 is 9.47 Å². The molecule has 0 atom stereocenters. The van der Waals surface area contributed by atoms with Crippen LogP contribution in [0.15, 0.2) is 67.3 Å². The lowest BCUT2D eigenvalue weighted by atomic mass is 10.0. The van der Waals surface area contributed by atoms with Gasteiger partial charge >= 0.3 is 0 Å². The number of nitrogens with one attached hydrogen (secondary N) is 1. The Labute approximate surface area is 190 Å². The van der Waals surface area contributed by atoms with E-state index in [0.29, 0.717) is 31.2 Å². The Morgan fingerprint density at radius 3 is 2.52 bits per heavy atom. The molecule has 31 heavy (non-hydrogen) atoms. The molecule has 0 bridgehead atoms. The Bertz CT molecular complexity index is 1050. The molecule has 3 nitrogen and oxygen atoms in total. The average molecular weight is 436 g/mol. The van der Waals surface area contributed by atoms with E-state index in [1.165, 1.54) is 11.1 Å². The number of hydrogen-bond donors (Lipinski definition) is 1. The minimum atomic E-state index is 0.422. The van der Waals surface area contributed by atoms with Crippen molar-refractivity contribution >= 4 is 17.3 Å². The summed E-state index contributed by atoms with van der Waals surface area (Å²) in [5.41, 5.74) is 6.87. The number of ether oxygens (including phenoxy) is 2. The SMILES string of the molecule is C=CCc1cc(CNc2ccc(C)c(C)c2)cc(OCC)c1OCc1cccc(Cl)c1. The lowest BCUT2D eigenvalue weighted by Gasteiger charge is -2.18. The van der Waals surface area contributed by atoms with Gasteiger partial charge in [-0.1, -0.05) is 35.9 Å². The summed E-state index contributed by atoms with van der Waals surface area (Å²) in [6.45, 7) is 11.8. The minimum absolute atomic E-state index is 0.422. The number of rotatable bonds is 10. The van der Waals surface area contributed by atoms with Crippen LogP contribution in [0.25, 0.3) is 0 Å². The highest BCUT2D eigenvalue weighted by Gasteiger charge is 2.14. The topological polar surface area (TPSA) is 30.5 Å². The summed E-state index contributed by atoms with van der Waals surface area (Å²) < 4.78 is 12.2. The number of allylic oxidation sites excluding steroid dienone is 1. The molecular weight excluding hydrogens is 406 g/mol. The zero-order valence-corrected chi connectivity index (χ0v) is 19.3. The summed E-state index contributed by atoms with van der Waals surface area (Å²) >= 11 is 6.11. The van der Waals surface area contributed by atoms with E-state index in [1.807, 2.05) is 37.3 Å². The van der Waals surface area contributed by atoms with Crippen LogP contribution in [0.4, 0.5) is 5.69 Å². The van der Waals surface area contributed by atoms with E-state index in [1.54, 1.807) is 0 Å². The fraction of sp³-hybridized carbons (Fsp3) is 0.259. The predicted octanol–water partition coefficient (Wildman–Crippen LogP) is 7.28. The maximum absolute atomic E-state index is 6.21. The van der Waals surface area contributed by atoms with Crippen molar-refractivity contribution in [3.63, 3.8) is 0 Å². The molecule has 0 aliphatic rings. The largest absolute Gasteiger partial charge is 0.490 e. The van der Waals surface area contributed by atoms with E-state index >= 15 is 0 Å². The van der Waals surface area contributed by atoms with E-state index in [2.05, 4.69) is 56.1 Å². The molecule has 0 saturated heterocycles. The van der Waals surface area contributed by atoms with Crippen LogP contribution in [-0.2, 0) is 19.6 Å². The second-order valence-electron chi connectivity index (χ2n) is 7.58. The molecule has 162 valence electrons. The molecule has 0 amide bonds. The average Bonchev–Trinajstić information content (AvgIpc) is 2.74. The highest BCUT2D eigenvalue weighted by molar-refractivity contribution is 6.30. The molecule has 0 spiro atoms. The van der Waals surface area contributed by atoms with Crippen LogP contribution in [0.5, 0.6) is 11.5 Å². The number of halogens is 1. The van der Waals surface area contributed by atoms with Crippen molar-refractivity contribution in [1.29, 1.82) is 0 Å². The van der Waals surface area contributed by atoms with Crippen molar-refractivity contribution in [2.24, 2.45) is 0 Å². The van der Waals surface area contributed by atoms with Crippen LogP contribution in [0.3, 0.4) is 0 Å². The number of aryl methyl sites for hydroxylation is 2. The second kappa shape index (κ2) is 10.9. The zero-order chi connectivity index (χ0) is 22.2. The van der Waals surface area contributed by atoms with Crippen LogP contribution < -0.4 is 14.8 Å². The fourth-order valence-electron chi connectivity index (χ4n) is 3.40. The van der Waals surface area contributed by atoms with Gasteiger partial charge in [0.05, 0.1) is 6.61 Å². The quantitative estimate of drug-likeness (QED) is 0.339. The van der Waals surface area contributed by atoms with Crippen LogP contribution in [0, 0.1) is 13.8 Å². The summed E-state index contributed by atoms with van der Waals surface area (Å²) in [5, 5.41) is 4.21. The number of benzene rings is 3. The van der Waals surface area contributed by atoms with E-state index in [-0.39, 0.29) is 0 Å². The van der Waals surface area contributed by atoms with Crippen molar-refractivity contribution in [3.8, 4) is 11.5 Å². The molecule has 0 aliphatic heterocycles. The number of anilines is 1. The van der Waals surface area contributed by atoms with Gasteiger partial charge in [-0.25, -0.2) is 0 Å². The first-order chi connectivity index (χ1) is 15.0. The smallest absolute Gasteiger partial charge is 0.165 e. The minimum Gasteiger partial charge on any atom is -0.490 e. The van der Waals surface area contributed by atoms with Crippen LogP contribution >= 0.6 is 11.6 Å². The van der Waals surface area contributed by atoms with Gasteiger partial charge in [0.1, 0.15) is 6.61 Å². The summed E-state index contributed by atoms with van der Waals surface area (Å²) in [5.74, 6) is 1.51. The first-order valence-corrected chi connectivity index (χ1v) is 11.0. The molecule has 0 saturated carbocycles. The van der Waals surface area contributed by atoms with Gasteiger partial charge in [0.2, 0.25) is 0 Å².